The Morgan fingerprint density at radius 2 is 0.882 bits per heavy atom. The molecular weight excluding hydrogens is 623 g/mol. The second-order valence-corrected chi connectivity index (χ2v) is 13.0. The average Bonchev–Trinajstić information content (AvgIpc) is 3.20. The molecule has 51 heavy (non-hydrogen) atoms. The number of hydrogen-bond acceptors (Lipinski definition) is 4. The molecule has 0 aliphatic heterocycles. The van der Waals surface area contributed by atoms with E-state index in [-0.39, 0.29) is 5.75 Å². The summed E-state index contributed by atoms with van der Waals surface area (Å²) in [4.78, 5) is 15.4. The average molecular weight is 652 g/mol. The van der Waals surface area contributed by atoms with Gasteiger partial charge in [-0.1, -0.05) is 146 Å². The summed E-state index contributed by atoms with van der Waals surface area (Å²) in [5.41, 5.74) is 7.06. The molecule has 10 rings (SSSR count). The molecule has 238 valence electrons. The van der Waals surface area contributed by atoms with Crippen LogP contribution in [0.2, 0.25) is 0 Å². The van der Waals surface area contributed by atoms with Crippen LogP contribution in [-0.4, -0.2) is 20.1 Å². The van der Waals surface area contributed by atoms with Gasteiger partial charge in [0.2, 0.25) is 0 Å². The van der Waals surface area contributed by atoms with E-state index in [1.807, 2.05) is 12.1 Å². The van der Waals surface area contributed by atoms with Crippen LogP contribution < -0.4 is 0 Å². The van der Waals surface area contributed by atoms with E-state index in [1.54, 1.807) is 6.07 Å². The quantitative estimate of drug-likeness (QED) is 0.192. The summed E-state index contributed by atoms with van der Waals surface area (Å²) in [6.07, 6.45) is 0. The third kappa shape index (κ3) is 4.96. The summed E-state index contributed by atoms with van der Waals surface area (Å²) in [5.74, 6) is 0.815. The van der Waals surface area contributed by atoms with Crippen molar-refractivity contribution >= 4 is 54.0 Å². The van der Waals surface area contributed by atoms with Crippen molar-refractivity contribution in [2.75, 3.05) is 0 Å². The van der Waals surface area contributed by atoms with Crippen molar-refractivity contribution in [2.24, 2.45) is 0 Å². The van der Waals surface area contributed by atoms with Crippen LogP contribution >= 0.6 is 0 Å². The Morgan fingerprint density at radius 1 is 0.353 bits per heavy atom. The standard InChI is InChI=1S/C47H29N3O/c51-43-15-7-14-39-44-38-13-6-5-10-31(38)24-25-40(44)45(50-46(39)43)32-18-20-33(21-19-32)47-48-41(36-22-16-29-8-1-3-11-34(29)26-36)28-42(49-47)37-23-17-30-9-2-4-12-35(30)27-37/h1-28,51H. The van der Waals surface area contributed by atoms with Crippen LogP contribution in [0, 0.1) is 0 Å². The molecule has 0 fully saturated rings. The normalized spacial score (nSPS) is 11.6. The maximum absolute atomic E-state index is 10.9. The highest BCUT2D eigenvalue weighted by Crippen LogP contribution is 2.40. The van der Waals surface area contributed by atoms with Crippen molar-refractivity contribution in [2.45, 2.75) is 0 Å². The Morgan fingerprint density at radius 3 is 1.55 bits per heavy atom. The van der Waals surface area contributed by atoms with Crippen LogP contribution in [-0.2, 0) is 0 Å². The number of aromatic nitrogens is 3. The van der Waals surface area contributed by atoms with E-state index in [4.69, 9.17) is 15.0 Å². The van der Waals surface area contributed by atoms with Gasteiger partial charge in [0.25, 0.3) is 0 Å². The highest BCUT2D eigenvalue weighted by Gasteiger charge is 2.16. The summed E-state index contributed by atoms with van der Waals surface area (Å²) in [6.45, 7) is 0. The highest BCUT2D eigenvalue weighted by molar-refractivity contribution is 6.23. The molecule has 0 unspecified atom stereocenters. The van der Waals surface area contributed by atoms with Crippen LogP contribution in [0.5, 0.6) is 5.75 Å². The molecular formula is C47H29N3O. The van der Waals surface area contributed by atoms with Gasteiger partial charge in [0.1, 0.15) is 11.3 Å². The van der Waals surface area contributed by atoms with Gasteiger partial charge in [-0.2, -0.15) is 0 Å². The zero-order valence-electron chi connectivity index (χ0n) is 27.5. The lowest BCUT2D eigenvalue weighted by atomic mass is 9.95. The van der Waals surface area contributed by atoms with E-state index in [0.717, 1.165) is 66.3 Å². The molecule has 8 aromatic carbocycles. The van der Waals surface area contributed by atoms with E-state index < -0.39 is 0 Å². The molecule has 0 saturated heterocycles. The lowest BCUT2D eigenvalue weighted by Gasteiger charge is -2.14. The van der Waals surface area contributed by atoms with Crippen LogP contribution in [0.25, 0.3) is 99.2 Å². The zero-order chi connectivity index (χ0) is 33.9. The minimum atomic E-state index is 0.167. The number of phenols is 1. The van der Waals surface area contributed by atoms with Crippen LogP contribution in [0.15, 0.2) is 170 Å². The first-order chi connectivity index (χ1) is 25.2. The molecule has 0 spiro atoms. The fourth-order valence-electron chi connectivity index (χ4n) is 7.35. The lowest BCUT2D eigenvalue weighted by Crippen LogP contribution is -1.96. The molecule has 0 aliphatic carbocycles. The Balaban J connectivity index is 1.14. The SMILES string of the molecule is Oc1cccc2c1nc(-c1ccc(-c3nc(-c4ccc5ccccc5c4)cc(-c4ccc5ccccc5c4)n3)cc1)c1ccc3ccccc3c12. The zero-order valence-corrected chi connectivity index (χ0v) is 27.5. The van der Waals surface area contributed by atoms with Crippen LogP contribution in [0.1, 0.15) is 0 Å². The molecule has 2 aromatic heterocycles. The number of phenolic OH excluding ortho intramolecular Hbond substituents is 1. The maximum atomic E-state index is 10.9. The number of aromatic hydroxyl groups is 1. The van der Waals surface area contributed by atoms with Gasteiger partial charge >= 0.3 is 0 Å². The Hall–Kier alpha value is -6.91. The summed E-state index contributed by atoms with van der Waals surface area (Å²) >= 11 is 0. The lowest BCUT2D eigenvalue weighted by molar-refractivity contribution is 0.480. The number of hydrogen-bond donors (Lipinski definition) is 1. The molecule has 4 heteroatoms. The fourth-order valence-corrected chi connectivity index (χ4v) is 7.35. The molecule has 0 atom stereocenters. The first kappa shape index (κ1) is 29.0. The first-order valence-corrected chi connectivity index (χ1v) is 17.1. The smallest absolute Gasteiger partial charge is 0.160 e. The largest absolute Gasteiger partial charge is 0.506 e. The topological polar surface area (TPSA) is 58.9 Å². The Labute approximate surface area is 294 Å². The summed E-state index contributed by atoms with van der Waals surface area (Å²) < 4.78 is 0. The van der Waals surface area contributed by atoms with Crippen molar-refractivity contribution < 1.29 is 5.11 Å². The second-order valence-electron chi connectivity index (χ2n) is 13.0. The monoisotopic (exact) mass is 651 g/mol. The number of para-hydroxylation sites is 1. The number of benzene rings is 8. The van der Waals surface area contributed by atoms with Gasteiger partial charge in [-0.3, -0.25) is 0 Å². The minimum absolute atomic E-state index is 0.167. The van der Waals surface area contributed by atoms with Gasteiger partial charge in [0, 0.05) is 38.4 Å². The van der Waals surface area contributed by atoms with E-state index in [9.17, 15) is 5.11 Å². The molecule has 10 aromatic rings. The Bertz CT molecular complexity index is 2890. The van der Waals surface area contributed by atoms with E-state index >= 15 is 0 Å². The van der Waals surface area contributed by atoms with E-state index in [0.29, 0.717) is 11.3 Å². The van der Waals surface area contributed by atoms with E-state index in [2.05, 4.69) is 152 Å². The van der Waals surface area contributed by atoms with Crippen molar-refractivity contribution in [3.63, 3.8) is 0 Å². The van der Waals surface area contributed by atoms with Crippen molar-refractivity contribution in [1.29, 1.82) is 0 Å². The van der Waals surface area contributed by atoms with Crippen LogP contribution in [0.4, 0.5) is 0 Å². The van der Waals surface area contributed by atoms with Crippen LogP contribution in [0.3, 0.4) is 0 Å². The van der Waals surface area contributed by atoms with Gasteiger partial charge in [0.05, 0.1) is 17.1 Å². The maximum Gasteiger partial charge on any atom is 0.160 e. The number of rotatable bonds is 4. The van der Waals surface area contributed by atoms with E-state index in [1.165, 1.54) is 21.5 Å². The molecule has 0 saturated carbocycles. The predicted molar refractivity (Wildman–Crippen MR) is 211 cm³/mol. The van der Waals surface area contributed by atoms with Crippen molar-refractivity contribution in [3.8, 4) is 50.9 Å². The number of fused-ring (bicyclic) bond motifs is 7. The van der Waals surface area contributed by atoms with Gasteiger partial charge in [-0.25, -0.2) is 15.0 Å². The fraction of sp³-hybridized carbons (Fsp3) is 0. The summed E-state index contributed by atoms with van der Waals surface area (Å²) in [7, 11) is 0. The molecule has 0 aliphatic rings. The second kappa shape index (κ2) is 11.6. The Kier molecular flexibility index (Phi) is 6.61. The predicted octanol–water partition coefficient (Wildman–Crippen LogP) is 12.0. The van der Waals surface area contributed by atoms with Gasteiger partial charge < -0.3 is 5.11 Å². The summed E-state index contributed by atoms with van der Waals surface area (Å²) in [5, 5.41) is 21.0. The molecule has 0 bridgehead atoms. The van der Waals surface area contributed by atoms with Crippen molar-refractivity contribution in [1.82, 2.24) is 15.0 Å². The third-order valence-electron chi connectivity index (χ3n) is 9.92. The van der Waals surface area contributed by atoms with Crippen molar-refractivity contribution in [3.05, 3.63) is 170 Å². The number of pyridine rings is 1. The molecule has 0 amide bonds. The molecule has 2 heterocycles. The molecule has 1 N–H and O–H groups in total. The molecule has 0 radical (unpaired) electrons. The first-order valence-electron chi connectivity index (χ1n) is 17.1. The number of nitrogens with zero attached hydrogens (tertiary/aromatic N) is 3. The van der Waals surface area contributed by atoms with Gasteiger partial charge in [0.15, 0.2) is 5.82 Å². The van der Waals surface area contributed by atoms with Gasteiger partial charge in [-0.05, 0) is 56.6 Å². The minimum Gasteiger partial charge on any atom is -0.506 e. The molecule has 4 nitrogen and oxygen atoms in total. The third-order valence-corrected chi connectivity index (χ3v) is 9.92. The van der Waals surface area contributed by atoms with Gasteiger partial charge in [-0.15, -0.1) is 0 Å². The summed E-state index contributed by atoms with van der Waals surface area (Å²) in [6, 6.07) is 58.4. The highest BCUT2D eigenvalue weighted by atomic mass is 16.3.